The molecule has 0 heterocycles. The van der Waals surface area contributed by atoms with Crippen LogP contribution in [0, 0.1) is 5.82 Å². The van der Waals surface area contributed by atoms with Crippen LogP contribution in [-0.2, 0) is 14.2 Å². The monoisotopic (exact) mass is 286 g/mol. The van der Waals surface area contributed by atoms with E-state index in [-0.39, 0.29) is 17.9 Å². The fourth-order valence-corrected chi connectivity index (χ4v) is 1.44. The zero-order valence-corrected chi connectivity index (χ0v) is 11.7. The predicted octanol–water partition coefficient (Wildman–Crippen LogP) is 2.04. The lowest BCUT2D eigenvalue weighted by Gasteiger charge is -2.09. The van der Waals surface area contributed by atoms with Gasteiger partial charge in [-0.2, -0.15) is 0 Å². The van der Waals surface area contributed by atoms with Crippen LogP contribution >= 0.6 is 0 Å². The third-order valence-corrected chi connectivity index (χ3v) is 2.41. The van der Waals surface area contributed by atoms with E-state index in [2.05, 4.69) is 4.74 Å². The van der Waals surface area contributed by atoms with Crippen molar-refractivity contribution in [3.63, 3.8) is 0 Å². The first kappa shape index (κ1) is 16.4. The van der Waals surface area contributed by atoms with E-state index < -0.39 is 11.8 Å². The smallest absolute Gasteiger partial charge is 0.337 e. The minimum Gasteiger partial charge on any atom is -0.488 e. The summed E-state index contributed by atoms with van der Waals surface area (Å²) < 4.78 is 33.7. The van der Waals surface area contributed by atoms with Crippen molar-refractivity contribution in [1.82, 2.24) is 0 Å². The van der Waals surface area contributed by atoms with Crippen molar-refractivity contribution in [3.8, 4) is 5.75 Å². The summed E-state index contributed by atoms with van der Waals surface area (Å²) in [5.74, 6) is -1.12. The molecule has 0 aromatic heterocycles. The van der Waals surface area contributed by atoms with Crippen molar-refractivity contribution in [2.45, 2.75) is 6.92 Å². The molecule has 0 aliphatic heterocycles. The molecule has 0 fully saturated rings. The second kappa shape index (κ2) is 9.28. The average Bonchev–Trinajstić information content (AvgIpc) is 2.46. The third-order valence-electron chi connectivity index (χ3n) is 2.41. The van der Waals surface area contributed by atoms with Gasteiger partial charge in [-0.3, -0.25) is 0 Å². The van der Waals surface area contributed by atoms with E-state index in [0.29, 0.717) is 26.4 Å². The van der Waals surface area contributed by atoms with Gasteiger partial charge in [-0.15, -0.1) is 0 Å². The number of hydrogen-bond donors (Lipinski definition) is 0. The first-order valence-corrected chi connectivity index (χ1v) is 6.35. The van der Waals surface area contributed by atoms with Crippen molar-refractivity contribution >= 4 is 5.97 Å². The summed E-state index contributed by atoms with van der Waals surface area (Å²) in [5, 5.41) is 0. The van der Waals surface area contributed by atoms with E-state index in [1.54, 1.807) is 0 Å². The minimum atomic E-state index is -0.609. The Balaban J connectivity index is 2.32. The summed E-state index contributed by atoms with van der Waals surface area (Å²) in [7, 11) is 1.24. The minimum absolute atomic E-state index is 0.0751. The summed E-state index contributed by atoms with van der Waals surface area (Å²) in [6.07, 6.45) is 0. The Morgan fingerprint density at radius 3 is 2.50 bits per heavy atom. The number of halogens is 1. The molecular weight excluding hydrogens is 267 g/mol. The van der Waals surface area contributed by atoms with E-state index >= 15 is 0 Å². The van der Waals surface area contributed by atoms with Crippen LogP contribution in [-0.4, -0.2) is 46.1 Å². The summed E-state index contributed by atoms with van der Waals surface area (Å²) in [6, 6.07) is 3.92. The quantitative estimate of drug-likeness (QED) is 0.513. The number of methoxy groups -OCH3 is 1. The van der Waals surface area contributed by atoms with Crippen molar-refractivity contribution in [2.24, 2.45) is 0 Å². The van der Waals surface area contributed by atoms with Crippen molar-refractivity contribution in [2.75, 3.05) is 40.1 Å². The van der Waals surface area contributed by atoms with Crippen LogP contribution in [0.4, 0.5) is 4.39 Å². The van der Waals surface area contributed by atoms with Gasteiger partial charge >= 0.3 is 5.97 Å². The zero-order valence-electron chi connectivity index (χ0n) is 11.7. The fraction of sp³-hybridized carbons (Fsp3) is 0.500. The number of benzene rings is 1. The van der Waals surface area contributed by atoms with Gasteiger partial charge in [0, 0.05) is 6.61 Å². The molecule has 0 atom stereocenters. The van der Waals surface area contributed by atoms with Crippen LogP contribution in [0.3, 0.4) is 0 Å². The Bertz CT molecular complexity index is 422. The van der Waals surface area contributed by atoms with Crippen LogP contribution in [0.15, 0.2) is 18.2 Å². The molecule has 5 nitrogen and oxygen atoms in total. The van der Waals surface area contributed by atoms with Gasteiger partial charge in [0.05, 0.1) is 32.5 Å². The van der Waals surface area contributed by atoms with Crippen LogP contribution < -0.4 is 4.74 Å². The first-order chi connectivity index (χ1) is 9.69. The lowest BCUT2D eigenvalue weighted by molar-refractivity contribution is 0.0400. The second-order valence-electron chi connectivity index (χ2n) is 3.79. The van der Waals surface area contributed by atoms with Crippen molar-refractivity contribution < 1.29 is 28.1 Å². The normalized spacial score (nSPS) is 10.3. The molecule has 0 unspecified atom stereocenters. The Morgan fingerprint density at radius 2 is 1.85 bits per heavy atom. The third kappa shape index (κ3) is 5.54. The van der Waals surface area contributed by atoms with Crippen LogP contribution in [0.25, 0.3) is 0 Å². The van der Waals surface area contributed by atoms with Gasteiger partial charge in [-0.05, 0) is 25.1 Å². The maximum absolute atomic E-state index is 13.6. The van der Waals surface area contributed by atoms with Gasteiger partial charge < -0.3 is 18.9 Å². The molecule has 0 N–H and O–H groups in total. The number of carbonyl (C=O) groups is 1. The number of ether oxygens (including phenoxy) is 4. The second-order valence-corrected chi connectivity index (χ2v) is 3.79. The molecule has 112 valence electrons. The van der Waals surface area contributed by atoms with Crippen LogP contribution in [0.1, 0.15) is 17.3 Å². The van der Waals surface area contributed by atoms with E-state index in [0.717, 1.165) is 6.07 Å². The molecule has 20 heavy (non-hydrogen) atoms. The maximum Gasteiger partial charge on any atom is 0.337 e. The molecule has 0 amide bonds. The lowest BCUT2D eigenvalue weighted by atomic mass is 10.2. The van der Waals surface area contributed by atoms with E-state index in [1.165, 1.54) is 19.2 Å². The van der Waals surface area contributed by atoms with Crippen molar-refractivity contribution in [1.29, 1.82) is 0 Å². The Kier molecular flexibility index (Phi) is 7.60. The SMILES string of the molecule is CCOCCOCCOc1ccc(C(=O)OC)cc1F. The zero-order chi connectivity index (χ0) is 14.8. The summed E-state index contributed by atoms with van der Waals surface area (Å²) in [6.45, 7) is 4.12. The fourth-order valence-electron chi connectivity index (χ4n) is 1.44. The van der Waals surface area contributed by atoms with Gasteiger partial charge in [0.2, 0.25) is 0 Å². The molecular formula is C14H19FO5. The van der Waals surface area contributed by atoms with E-state index in [1.807, 2.05) is 6.92 Å². The van der Waals surface area contributed by atoms with Gasteiger partial charge in [0.1, 0.15) is 6.61 Å². The molecule has 0 saturated carbocycles. The number of hydrogen-bond acceptors (Lipinski definition) is 5. The molecule has 0 radical (unpaired) electrons. The Morgan fingerprint density at radius 1 is 1.15 bits per heavy atom. The summed E-state index contributed by atoms with van der Waals surface area (Å²) in [5.41, 5.74) is 0.144. The Hall–Kier alpha value is -1.66. The highest BCUT2D eigenvalue weighted by Crippen LogP contribution is 2.18. The summed E-state index contributed by atoms with van der Waals surface area (Å²) in [4.78, 5) is 11.2. The molecule has 1 aromatic rings. The lowest BCUT2D eigenvalue weighted by Crippen LogP contribution is -2.11. The summed E-state index contributed by atoms with van der Waals surface area (Å²) >= 11 is 0. The predicted molar refractivity (Wildman–Crippen MR) is 70.5 cm³/mol. The maximum atomic E-state index is 13.6. The average molecular weight is 286 g/mol. The standard InChI is InChI=1S/C14H19FO5/c1-3-18-6-7-19-8-9-20-13-5-4-11(10-12(13)15)14(16)17-2/h4-5,10H,3,6-9H2,1-2H3. The number of rotatable bonds is 9. The first-order valence-electron chi connectivity index (χ1n) is 6.35. The van der Waals surface area contributed by atoms with Gasteiger partial charge in [0.25, 0.3) is 0 Å². The highest BCUT2D eigenvalue weighted by molar-refractivity contribution is 5.89. The number of esters is 1. The number of carbonyl (C=O) groups excluding carboxylic acids is 1. The molecule has 0 spiro atoms. The van der Waals surface area contributed by atoms with Crippen LogP contribution in [0.2, 0.25) is 0 Å². The topological polar surface area (TPSA) is 54.0 Å². The van der Waals surface area contributed by atoms with Gasteiger partial charge in [-0.1, -0.05) is 0 Å². The van der Waals surface area contributed by atoms with E-state index in [4.69, 9.17) is 14.2 Å². The van der Waals surface area contributed by atoms with Gasteiger partial charge in [0.15, 0.2) is 11.6 Å². The molecule has 0 saturated heterocycles. The van der Waals surface area contributed by atoms with Crippen LogP contribution in [0.5, 0.6) is 5.75 Å². The molecule has 0 aliphatic carbocycles. The molecule has 1 aromatic carbocycles. The van der Waals surface area contributed by atoms with Gasteiger partial charge in [-0.25, -0.2) is 9.18 Å². The molecule has 0 aliphatic rings. The highest BCUT2D eigenvalue weighted by atomic mass is 19.1. The Labute approximate surface area is 117 Å². The highest BCUT2D eigenvalue weighted by Gasteiger charge is 2.10. The molecule has 6 heteroatoms. The molecule has 0 bridgehead atoms. The van der Waals surface area contributed by atoms with E-state index in [9.17, 15) is 9.18 Å². The molecule has 1 rings (SSSR count). The van der Waals surface area contributed by atoms with Crippen molar-refractivity contribution in [3.05, 3.63) is 29.6 Å². The largest absolute Gasteiger partial charge is 0.488 e.